The molecule has 3 heteroatoms. The van der Waals surface area contributed by atoms with Crippen LogP contribution in [0.4, 0.5) is 0 Å². The molecule has 0 spiro atoms. The van der Waals surface area contributed by atoms with Crippen molar-refractivity contribution in [2.45, 2.75) is 74.1 Å². The van der Waals surface area contributed by atoms with Crippen LogP contribution < -0.4 is 0 Å². The van der Waals surface area contributed by atoms with Gasteiger partial charge in [-0.05, 0) is 75.6 Å². The predicted octanol–water partition coefficient (Wildman–Crippen LogP) is 8.78. The Morgan fingerprint density at radius 1 is 0.583 bits per heavy atom. The van der Waals surface area contributed by atoms with Crippen LogP contribution in [0.3, 0.4) is 0 Å². The van der Waals surface area contributed by atoms with Crippen LogP contribution in [-0.2, 0) is 6.42 Å². The van der Waals surface area contributed by atoms with Crippen molar-refractivity contribution in [3.63, 3.8) is 0 Å². The molecule has 0 bridgehead atoms. The number of aryl methyl sites for hydroxylation is 6. The van der Waals surface area contributed by atoms with Crippen molar-refractivity contribution < 1.29 is 0 Å². The summed E-state index contributed by atoms with van der Waals surface area (Å²) >= 11 is 0. The second kappa shape index (κ2) is 11.2. The standard InChI is InChI=1S/C33H39N3/c1-8-9-21(2)10-13-27-14-17-30(26(7)20-27)33-35-31(28-15-11-22(3)18-24(28)5)34-32(36-33)29-16-12-23(4)19-25(29)6/h11-12,14-21H,8-10,13H2,1-7H3. The van der Waals surface area contributed by atoms with E-state index in [1.54, 1.807) is 0 Å². The van der Waals surface area contributed by atoms with E-state index in [2.05, 4.69) is 103 Å². The number of rotatable bonds is 8. The lowest BCUT2D eigenvalue weighted by molar-refractivity contribution is 0.486. The molecule has 0 aliphatic carbocycles. The first-order chi connectivity index (χ1) is 17.2. The maximum atomic E-state index is 5.00. The third kappa shape index (κ3) is 5.90. The minimum atomic E-state index is 0.726. The topological polar surface area (TPSA) is 38.7 Å². The van der Waals surface area contributed by atoms with Gasteiger partial charge < -0.3 is 0 Å². The predicted molar refractivity (Wildman–Crippen MR) is 152 cm³/mol. The lowest BCUT2D eigenvalue weighted by Crippen LogP contribution is -2.03. The first-order valence-corrected chi connectivity index (χ1v) is 13.3. The molecule has 0 N–H and O–H groups in total. The largest absolute Gasteiger partial charge is 0.208 e. The Kier molecular flexibility index (Phi) is 7.98. The molecule has 36 heavy (non-hydrogen) atoms. The summed E-state index contributed by atoms with van der Waals surface area (Å²) < 4.78 is 0. The summed E-state index contributed by atoms with van der Waals surface area (Å²) in [5.74, 6) is 2.95. The smallest absolute Gasteiger partial charge is 0.164 e. The van der Waals surface area contributed by atoms with Crippen LogP contribution in [0.1, 0.15) is 66.5 Å². The normalized spacial score (nSPS) is 12.1. The zero-order valence-corrected chi connectivity index (χ0v) is 22.9. The van der Waals surface area contributed by atoms with Gasteiger partial charge in [-0.3, -0.25) is 0 Å². The van der Waals surface area contributed by atoms with Gasteiger partial charge in [-0.1, -0.05) is 92.4 Å². The maximum absolute atomic E-state index is 5.00. The molecule has 0 aliphatic heterocycles. The SMILES string of the molecule is CCCC(C)CCc1ccc(-c2nc(-c3ccc(C)cc3C)nc(-c3ccc(C)cc3C)n2)c(C)c1. The fraction of sp³-hybridized carbons (Fsp3) is 0.364. The first-order valence-electron chi connectivity index (χ1n) is 13.3. The summed E-state index contributed by atoms with van der Waals surface area (Å²) in [7, 11) is 0. The Balaban J connectivity index is 1.79. The third-order valence-corrected chi connectivity index (χ3v) is 7.12. The number of benzene rings is 3. The van der Waals surface area contributed by atoms with Crippen molar-refractivity contribution in [1.82, 2.24) is 15.0 Å². The Hall–Kier alpha value is -3.33. The average Bonchev–Trinajstić information content (AvgIpc) is 2.82. The molecule has 4 rings (SSSR count). The van der Waals surface area contributed by atoms with Crippen molar-refractivity contribution in [3.8, 4) is 34.2 Å². The molecular weight excluding hydrogens is 438 g/mol. The van der Waals surface area contributed by atoms with E-state index in [1.165, 1.54) is 52.6 Å². The second-order valence-corrected chi connectivity index (χ2v) is 10.5. The highest BCUT2D eigenvalue weighted by Gasteiger charge is 2.16. The van der Waals surface area contributed by atoms with E-state index in [0.29, 0.717) is 0 Å². The van der Waals surface area contributed by atoms with Crippen LogP contribution in [0.15, 0.2) is 54.6 Å². The van der Waals surface area contributed by atoms with Gasteiger partial charge in [-0.2, -0.15) is 0 Å². The third-order valence-electron chi connectivity index (χ3n) is 7.12. The van der Waals surface area contributed by atoms with Crippen molar-refractivity contribution in [1.29, 1.82) is 0 Å². The Morgan fingerprint density at radius 3 is 1.44 bits per heavy atom. The molecule has 1 aromatic heterocycles. The van der Waals surface area contributed by atoms with Gasteiger partial charge in [0.1, 0.15) is 0 Å². The molecular formula is C33H39N3. The van der Waals surface area contributed by atoms with Gasteiger partial charge in [0.25, 0.3) is 0 Å². The monoisotopic (exact) mass is 477 g/mol. The molecule has 0 radical (unpaired) electrons. The molecule has 1 heterocycles. The highest BCUT2D eigenvalue weighted by atomic mass is 15.0. The van der Waals surface area contributed by atoms with Crippen molar-refractivity contribution in [2.24, 2.45) is 5.92 Å². The van der Waals surface area contributed by atoms with E-state index >= 15 is 0 Å². The molecule has 0 amide bonds. The molecule has 0 fully saturated rings. The summed E-state index contributed by atoms with van der Waals surface area (Å²) in [5, 5.41) is 0. The summed E-state index contributed by atoms with van der Waals surface area (Å²) in [6.07, 6.45) is 4.89. The first kappa shape index (κ1) is 25.8. The highest BCUT2D eigenvalue weighted by molar-refractivity contribution is 5.71. The number of nitrogens with zero attached hydrogens (tertiary/aromatic N) is 3. The van der Waals surface area contributed by atoms with E-state index in [4.69, 9.17) is 15.0 Å². The minimum Gasteiger partial charge on any atom is -0.208 e. The Bertz CT molecular complexity index is 1300. The van der Waals surface area contributed by atoms with Gasteiger partial charge >= 0.3 is 0 Å². The fourth-order valence-electron chi connectivity index (χ4n) is 5.05. The number of aromatic nitrogens is 3. The zero-order valence-electron chi connectivity index (χ0n) is 22.9. The number of hydrogen-bond acceptors (Lipinski definition) is 3. The quantitative estimate of drug-likeness (QED) is 0.254. The molecule has 4 aromatic rings. The maximum Gasteiger partial charge on any atom is 0.164 e. The van der Waals surface area contributed by atoms with Crippen molar-refractivity contribution in [2.75, 3.05) is 0 Å². The van der Waals surface area contributed by atoms with E-state index in [9.17, 15) is 0 Å². The van der Waals surface area contributed by atoms with Gasteiger partial charge in [0.05, 0.1) is 0 Å². The average molecular weight is 478 g/mol. The molecule has 3 nitrogen and oxygen atoms in total. The lowest BCUT2D eigenvalue weighted by atomic mass is 9.95. The summed E-state index contributed by atoms with van der Waals surface area (Å²) in [6.45, 7) is 15.3. The second-order valence-electron chi connectivity index (χ2n) is 10.5. The molecule has 186 valence electrons. The van der Waals surface area contributed by atoms with Crippen LogP contribution in [-0.4, -0.2) is 15.0 Å². The van der Waals surface area contributed by atoms with Gasteiger partial charge in [0.2, 0.25) is 0 Å². The van der Waals surface area contributed by atoms with Crippen LogP contribution >= 0.6 is 0 Å². The van der Waals surface area contributed by atoms with Gasteiger partial charge in [-0.25, -0.2) is 15.0 Å². The lowest BCUT2D eigenvalue weighted by Gasteiger charge is -2.14. The molecule has 1 unspecified atom stereocenters. The molecule has 0 saturated carbocycles. The zero-order chi connectivity index (χ0) is 25.8. The van der Waals surface area contributed by atoms with Crippen LogP contribution in [0.2, 0.25) is 0 Å². The molecule has 3 aromatic carbocycles. The van der Waals surface area contributed by atoms with Gasteiger partial charge in [-0.15, -0.1) is 0 Å². The van der Waals surface area contributed by atoms with Crippen LogP contribution in [0, 0.1) is 40.5 Å². The van der Waals surface area contributed by atoms with E-state index in [0.717, 1.165) is 46.5 Å². The van der Waals surface area contributed by atoms with E-state index < -0.39 is 0 Å². The van der Waals surface area contributed by atoms with E-state index in [1.807, 2.05) is 0 Å². The molecule has 0 aliphatic rings. The minimum absolute atomic E-state index is 0.726. The summed E-state index contributed by atoms with van der Waals surface area (Å²) in [4.78, 5) is 15.0. The highest BCUT2D eigenvalue weighted by Crippen LogP contribution is 2.30. The number of hydrogen-bond donors (Lipinski definition) is 0. The fourth-order valence-corrected chi connectivity index (χ4v) is 5.05. The molecule has 0 saturated heterocycles. The van der Waals surface area contributed by atoms with Gasteiger partial charge in [0, 0.05) is 16.7 Å². The van der Waals surface area contributed by atoms with Crippen molar-refractivity contribution in [3.05, 3.63) is 88.0 Å². The van der Waals surface area contributed by atoms with Crippen molar-refractivity contribution >= 4 is 0 Å². The summed E-state index contributed by atoms with van der Waals surface area (Å²) in [5.41, 5.74) is 10.6. The van der Waals surface area contributed by atoms with Crippen LogP contribution in [0.25, 0.3) is 34.2 Å². The van der Waals surface area contributed by atoms with E-state index in [-0.39, 0.29) is 0 Å². The summed E-state index contributed by atoms with van der Waals surface area (Å²) in [6, 6.07) is 19.6. The van der Waals surface area contributed by atoms with Crippen LogP contribution in [0.5, 0.6) is 0 Å². The van der Waals surface area contributed by atoms with Gasteiger partial charge in [0.15, 0.2) is 17.5 Å². The Morgan fingerprint density at radius 2 is 1.03 bits per heavy atom. The Labute approximate surface area is 217 Å². The molecule has 1 atom stereocenters.